The van der Waals surface area contributed by atoms with Crippen molar-refractivity contribution in [3.05, 3.63) is 29.8 Å². The number of anilines is 1. The van der Waals surface area contributed by atoms with Crippen molar-refractivity contribution in [2.75, 3.05) is 5.32 Å². The molecule has 1 aromatic carbocycles. The van der Waals surface area contributed by atoms with Crippen LogP contribution in [0, 0.1) is 0 Å². The minimum Gasteiger partial charge on any atom is -0.351 e. The molecule has 2 unspecified atom stereocenters. The maximum Gasteiger partial charge on any atom is 0.316 e. The van der Waals surface area contributed by atoms with Gasteiger partial charge in [0.25, 0.3) is 0 Å². The minimum absolute atomic E-state index is 0.0162. The number of rotatable bonds is 7. The number of benzene rings is 1. The van der Waals surface area contributed by atoms with E-state index in [2.05, 4.69) is 10.6 Å². The fourth-order valence-electron chi connectivity index (χ4n) is 1.98. The van der Waals surface area contributed by atoms with E-state index in [9.17, 15) is 9.59 Å². The molecule has 21 heavy (non-hydrogen) atoms. The van der Waals surface area contributed by atoms with E-state index in [4.69, 9.17) is 11.5 Å². The van der Waals surface area contributed by atoms with Gasteiger partial charge in [0.15, 0.2) is 0 Å². The first-order valence-corrected chi connectivity index (χ1v) is 7.10. The number of nitrogens with one attached hydrogen (secondary N) is 2. The molecule has 0 aliphatic heterocycles. The van der Waals surface area contributed by atoms with Crippen LogP contribution in [-0.4, -0.2) is 18.0 Å². The largest absolute Gasteiger partial charge is 0.351 e. The summed E-state index contributed by atoms with van der Waals surface area (Å²) < 4.78 is 0. The monoisotopic (exact) mass is 292 g/mol. The summed E-state index contributed by atoms with van der Waals surface area (Å²) in [5.74, 6) is 0.0162. The second-order valence-electron chi connectivity index (χ2n) is 5.27. The Morgan fingerprint density at radius 2 is 1.81 bits per heavy atom. The quantitative estimate of drug-likeness (QED) is 0.615. The van der Waals surface area contributed by atoms with Crippen LogP contribution in [0.1, 0.15) is 44.7 Å². The third-order valence-electron chi connectivity index (χ3n) is 3.12. The van der Waals surface area contributed by atoms with Crippen LogP contribution >= 0.6 is 0 Å². The van der Waals surface area contributed by atoms with Crippen molar-refractivity contribution < 1.29 is 9.59 Å². The van der Waals surface area contributed by atoms with Gasteiger partial charge in [-0.15, -0.1) is 0 Å². The predicted octanol–water partition coefficient (Wildman–Crippen LogP) is 1.87. The summed E-state index contributed by atoms with van der Waals surface area (Å²) in [4.78, 5) is 22.5. The molecule has 0 bridgehead atoms. The zero-order chi connectivity index (χ0) is 15.8. The van der Waals surface area contributed by atoms with Gasteiger partial charge in [-0.05, 0) is 44.4 Å². The summed E-state index contributed by atoms with van der Waals surface area (Å²) in [5.41, 5.74) is 12.3. The number of hydrogen-bond acceptors (Lipinski definition) is 3. The standard InChI is InChI=1S/C15H24N4O2/c1-10(16)4-3-5-14(20)18-11(2)12-6-8-13(9-7-12)19-15(17)21/h6-11H,3-5,16H2,1-2H3,(H,18,20)(H3,17,19,21). The second-order valence-corrected chi connectivity index (χ2v) is 5.27. The second kappa shape index (κ2) is 8.26. The van der Waals surface area contributed by atoms with Gasteiger partial charge in [0.05, 0.1) is 6.04 Å². The zero-order valence-electron chi connectivity index (χ0n) is 12.6. The van der Waals surface area contributed by atoms with Crippen molar-refractivity contribution in [2.45, 2.75) is 45.2 Å². The molecule has 6 N–H and O–H groups in total. The van der Waals surface area contributed by atoms with Crippen molar-refractivity contribution in [3.63, 3.8) is 0 Å². The third kappa shape index (κ3) is 6.76. The van der Waals surface area contributed by atoms with Gasteiger partial charge >= 0.3 is 6.03 Å². The van der Waals surface area contributed by atoms with E-state index in [0.717, 1.165) is 18.4 Å². The molecule has 0 fully saturated rings. The van der Waals surface area contributed by atoms with E-state index < -0.39 is 6.03 Å². The van der Waals surface area contributed by atoms with Gasteiger partial charge in [-0.2, -0.15) is 0 Å². The summed E-state index contributed by atoms with van der Waals surface area (Å²) >= 11 is 0. The molecule has 1 rings (SSSR count). The van der Waals surface area contributed by atoms with Crippen LogP contribution < -0.4 is 22.1 Å². The van der Waals surface area contributed by atoms with Gasteiger partial charge in [0.1, 0.15) is 0 Å². The third-order valence-corrected chi connectivity index (χ3v) is 3.12. The minimum atomic E-state index is -0.599. The molecule has 2 atom stereocenters. The zero-order valence-corrected chi connectivity index (χ0v) is 12.6. The van der Waals surface area contributed by atoms with Crippen LogP contribution in [0.4, 0.5) is 10.5 Å². The van der Waals surface area contributed by atoms with E-state index in [1.807, 2.05) is 26.0 Å². The number of carbonyl (C=O) groups excluding carboxylic acids is 2. The van der Waals surface area contributed by atoms with Crippen molar-refractivity contribution >= 4 is 17.6 Å². The predicted molar refractivity (Wildman–Crippen MR) is 83.7 cm³/mol. The number of carbonyl (C=O) groups is 2. The van der Waals surface area contributed by atoms with Gasteiger partial charge in [-0.1, -0.05) is 12.1 Å². The van der Waals surface area contributed by atoms with Crippen molar-refractivity contribution in [1.29, 1.82) is 0 Å². The first-order valence-electron chi connectivity index (χ1n) is 7.10. The maximum atomic E-state index is 11.8. The highest BCUT2D eigenvalue weighted by molar-refractivity contribution is 5.87. The Morgan fingerprint density at radius 1 is 1.19 bits per heavy atom. The fraction of sp³-hybridized carbons (Fsp3) is 0.467. The lowest BCUT2D eigenvalue weighted by Crippen LogP contribution is -2.27. The van der Waals surface area contributed by atoms with Crippen LogP contribution in [0.15, 0.2) is 24.3 Å². The first-order chi connectivity index (χ1) is 9.88. The SMILES string of the molecule is CC(N)CCCC(=O)NC(C)c1ccc(NC(N)=O)cc1. The van der Waals surface area contributed by atoms with Crippen LogP contribution in [0.2, 0.25) is 0 Å². The Hall–Kier alpha value is -2.08. The van der Waals surface area contributed by atoms with E-state index in [1.54, 1.807) is 12.1 Å². The highest BCUT2D eigenvalue weighted by Crippen LogP contribution is 2.16. The smallest absolute Gasteiger partial charge is 0.316 e. The van der Waals surface area contributed by atoms with Crippen LogP contribution in [0.5, 0.6) is 0 Å². The topological polar surface area (TPSA) is 110 Å². The Morgan fingerprint density at radius 3 is 2.33 bits per heavy atom. The highest BCUT2D eigenvalue weighted by Gasteiger charge is 2.09. The molecule has 0 aliphatic rings. The lowest BCUT2D eigenvalue weighted by Gasteiger charge is -2.15. The molecule has 0 heterocycles. The van der Waals surface area contributed by atoms with Crippen molar-refractivity contribution in [3.8, 4) is 0 Å². The van der Waals surface area contributed by atoms with E-state index in [0.29, 0.717) is 12.1 Å². The van der Waals surface area contributed by atoms with Gasteiger partial charge in [-0.25, -0.2) is 4.79 Å². The summed E-state index contributed by atoms with van der Waals surface area (Å²) in [5, 5.41) is 5.43. The normalized spacial score (nSPS) is 13.3. The van der Waals surface area contributed by atoms with Gasteiger partial charge in [0, 0.05) is 18.2 Å². The first kappa shape index (κ1) is 17.0. The number of urea groups is 1. The molecule has 0 aliphatic carbocycles. The molecule has 6 heteroatoms. The Kier molecular flexibility index (Phi) is 6.68. The van der Waals surface area contributed by atoms with Gasteiger partial charge in [-0.3, -0.25) is 4.79 Å². The van der Waals surface area contributed by atoms with E-state index in [1.165, 1.54) is 0 Å². The average molecular weight is 292 g/mol. The molecule has 0 radical (unpaired) electrons. The van der Waals surface area contributed by atoms with Crippen LogP contribution in [0.3, 0.4) is 0 Å². The van der Waals surface area contributed by atoms with E-state index >= 15 is 0 Å². The van der Waals surface area contributed by atoms with Gasteiger partial charge < -0.3 is 22.1 Å². The lowest BCUT2D eigenvalue weighted by atomic mass is 10.1. The molecule has 0 spiro atoms. The van der Waals surface area contributed by atoms with Crippen molar-refractivity contribution in [1.82, 2.24) is 5.32 Å². The van der Waals surface area contributed by atoms with Crippen LogP contribution in [-0.2, 0) is 4.79 Å². The van der Waals surface area contributed by atoms with E-state index in [-0.39, 0.29) is 18.0 Å². The number of hydrogen-bond donors (Lipinski definition) is 4. The summed E-state index contributed by atoms with van der Waals surface area (Å²) in [7, 11) is 0. The number of amides is 3. The molecule has 0 aromatic heterocycles. The molecular weight excluding hydrogens is 268 g/mol. The fourth-order valence-corrected chi connectivity index (χ4v) is 1.98. The maximum absolute atomic E-state index is 11.8. The summed E-state index contributed by atoms with van der Waals surface area (Å²) in [6.45, 7) is 3.85. The Balaban J connectivity index is 2.45. The molecule has 0 saturated carbocycles. The summed E-state index contributed by atoms with van der Waals surface area (Å²) in [6.07, 6.45) is 2.11. The molecule has 116 valence electrons. The Bertz CT molecular complexity index is 471. The van der Waals surface area contributed by atoms with Gasteiger partial charge in [0.2, 0.25) is 5.91 Å². The Labute approximate surface area is 125 Å². The summed E-state index contributed by atoms with van der Waals surface area (Å²) in [6, 6.07) is 6.63. The number of nitrogens with two attached hydrogens (primary N) is 2. The lowest BCUT2D eigenvalue weighted by molar-refractivity contribution is -0.121. The number of primary amides is 1. The molecule has 6 nitrogen and oxygen atoms in total. The van der Waals surface area contributed by atoms with Crippen LogP contribution in [0.25, 0.3) is 0 Å². The van der Waals surface area contributed by atoms with Crippen molar-refractivity contribution in [2.24, 2.45) is 11.5 Å². The molecule has 0 saturated heterocycles. The average Bonchev–Trinajstić information content (AvgIpc) is 2.38. The molecule has 3 amide bonds. The molecule has 1 aromatic rings. The highest BCUT2D eigenvalue weighted by atomic mass is 16.2. The molecular formula is C15H24N4O2.